The van der Waals surface area contributed by atoms with Crippen molar-refractivity contribution in [3.63, 3.8) is 0 Å². The van der Waals surface area contributed by atoms with Gasteiger partial charge in [-0.05, 0) is 25.0 Å². The Morgan fingerprint density at radius 2 is 2.07 bits per heavy atom. The van der Waals surface area contributed by atoms with Gasteiger partial charge in [-0.3, -0.25) is 14.2 Å². The first-order valence-electron chi connectivity index (χ1n) is 13.5. The van der Waals surface area contributed by atoms with Crippen LogP contribution in [0.2, 0.25) is 0 Å². The molecule has 0 saturated carbocycles. The summed E-state index contributed by atoms with van der Waals surface area (Å²) in [5.74, 6) is 0.647. The molecule has 3 aliphatic heterocycles. The van der Waals surface area contributed by atoms with Gasteiger partial charge in [0.25, 0.3) is 0 Å². The molecule has 17 heteroatoms. The normalized spacial score (nSPS) is 29.7. The molecule has 3 unspecified atom stereocenters. The van der Waals surface area contributed by atoms with E-state index in [1.54, 1.807) is 0 Å². The molecular formula is C24H34N8O7S2. The lowest BCUT2D eigenvalue weighted by atomic mass is 10.0. The number of aliphatic hydroxyl groups excluding tert-OH is 2. The number of carbonyl (C=O) groups is 3. The third-order valence-corrected chi connectivity index (χ3v) is 10.1. The van der Waals surface area contributed by atoms with Crippen LogP contribution in [0.4, 0.5) is 10.6 Å². The van der Waals surface area contributed by atoms with Gasteiger partial charge in [0.05, 0.1) is 24.5 Å². The Morgan fingerprint density at radius 1 is 1.24 bits per heavy atom. The van der Waals surface area contributed by atoms with E-state index in [4.69, 9.17) is 15.6 Å². The number of amides is 3. The molecule has 0 aliphatic carbocycles. The fraction of sp³-hybridized carbons (Fsp3) is 0.667. The zero-order valence-electron chi connectivity index (χ0n) is 22.1. The van der Waals surface area contributed by atoms with Crippen molar-refractivity contribution in [3.05, 3.63) is 12.7 Å². The average Bonchev–Trinajstić information content (AvgIpc) is 3.69. The number of rotatable bonds is 13. The molecule has 5 heterocycles. The molecule has 0 bridgehead atoms. The highest BCUT2D eigenvalue weighted by Crippen LogP contribution is 2.35. The lowest BCUT2D eigenvalue weighted by Crippen LogP contribution is -2.36. The molecule has 15 nitrogen and oxygen atoms in total. The van der Waals surface area contributed by atoms with Crippen molar-refractivity contribution < 1.29 is 34.4 Å². The fourth-order valence-corrected chi connectivity index (χ4v) is 7.87. The summed E-state index contributed by atoms with van der Waals surface area (Å²) < 4.78 is 7.43. The van der Waals surface area contributed by atoms with Gasteiger partial charge in [-0.15, -0.1) is 0 Å². The maximum absolute atomic E-state index is 12.7. The van der Waals surface area contributed by atoms with Crippen LogP contribution >= 0.6 is 23.5 Å². The van der Waals surface area contributed by atoms with Gasteiger partial charge in [-0.25, -0.2) is 19.7 Å². The van der Waals surface area contributed by atoms with Crippen LogP contribution in [0.15, 0.2) is 12.7 Å². The molecule has 8 N–H and O–H groups in total. The Morgan fingerprint density at radius 3 is 2.88 bits per heavy atom. The van der Waals surface area contributed by atoms with Gasteiger partial charge in [0.15, 0.2) is 23.2 Å². The van der Waals surface area contributed by atoms with E-state index in [1.165, 1.54) is 29.0 Å². The highest BCUT2D eigenvalue weighted by molar-refractivity contribution is 8.00. The van der Waals surface area contributed by atoms with Gasteiger partial charge in [0.2, 0.25) is 5.91 Å². The minimum absolute atomic E-state index is 0.108. The summed E-state index contributed by atoms with van der Waals surface area (Å²) in [4.78, 5) is 47.8. The smallest absolute Gasteiger partial charge is 0.320 e. The lowest BCUT2D eigenvalue weighted by molar-refractivity contribution is -0.138. The summed E-state index contributed by atoms with van der Waals surface area (Å²) in [6.45, 7) is 0. The van der Waals surface area contributed by atoms with Crippen LogP contribution in [0.25, 0.3) is 11.2 Å². The number of carboxylic acid groups (broad SMARTS) is 1. The monoisotopic (exact) mass is 610 g/mol. The topological polar surface area (TPSA) is 227 Å². The first-order chi connectivity index (χ1) is 19.7. The van der Waals surface area contributed by atoms with Crippen LogP contribution in [0, 0.1) is 0 Å². The van der Waals surface area contributed by atoms with Crippen molar-refractivity contribution in [1.82, 2.24) is 30.2 Å². The maximum atomic E-state index is 12.7. The minimum Gasteiger partial charge on any atom is -0.480 e. The lowest BCUT2D eigenvalue weighted by Gasteiger charge is -2.16. The predicted octanol–water partition coefficient (Wildman–Crippen LogP) is -0.355. The number of aliphatic hydroxyl groups is 2. The number of hydrogen-bond donors (Lipinski definition) is 7. The number of aromatic nitrogens is 4. The Kier molecular flexibility index (Phi) is 9.50. The van der Waals surface area contributed by atoms with Crippen LogP contribution in [-0.2, 0) is 14.3 Å². The Labute approximate surface area is 243 Å². The zero-order chi connectivity index (χ0) is 29.1. The van der Waals surface area contributed by atoms with Gasteiger partial charge < -0.3 is 41.7 Å². The largest absolute Gasteiger partial charge is 0.480 e. The molecule has 3 aliphatic rings. The predicted molar refractivity (Wildman–Crippen MR) is 151 cm³/mol. The van der Waals surface area contributed by atoms with E-state index in [-0.39, 0.29) is 36.3 Å². The van der Waals surface area contributed by atoms with E-state index in [0.29, 0.717) is 40.8 Å². The summed E-state index contributed by atoms with van der Waals surface area (Å²) in [5, 5.41) is 39.2. The molecule has 0 radical (unpaired) electrons. The molecule has 8 atom stereocenters. The van der Waals surface area contributed by atoms with Crippen LogP contribution in [0.3, 0.4) is 0 Å². The fourth-order valence-electron chi connectivity index (χ4n) is 5.23. The number of fused-ring (bicyclic) bond motifs is 2. The van der Waals surface area contributed by atoms with E-state index >= 15 is 0 Å². The van der Waals surface area contributed by atoms with Gasteiger partial charge in [0, 0.05) is 23.2 Å². The molecule has 3 fully saturated rings. The number of ether oxygens (including phenoxy) is 1. The maximum Gasteiger partial charge on any atom is 0.320 e. The van der Waals surface area contributed by atoms with E-state index in [0.717, 1.165) is 18.6 Å². The number of unbranched alkanes of at least 4 members (excludes halogenated alkanes) is 1. The number of carbonyl (C=O) groups excluding carboxylic acids is 2. The first kappa shape index (κ1) is 29.8. The highest BCUT2D eigenvalue weighted by Gasteiger charge is 2.44. The number of imidazole rings is 1. The second kappa shape index (κ2) is 13.1. The quantitative estimate of drug-likeness (QED) is 0.114. The third-order valence-electron chi connectivity index (χ3n) is 7.48. The minimum atomic E-state index is -1.26. The molecular weight excluding hydrogens is 576 g/mol. The standard InChI is InChI=1S/C24H34N8O7S2/c25-11(23(36)37)5-6-40-8-13-18(34)19(35)22(39-13)32-10-28-17-20(26-9-27-21(17)32)30-15(33)4-2-1-3-14-16-12(7-41-14)29-24(38)31-16/h9-14,16,18-19,22,34-35H,1-8,25H2,(H,36,37)(H2,29,31,38)(H,26,27,30,33)/t11?,12-,13+,14?,16-,18+,19+,22?/m0/s1. The summed E-state index contributed by atoms with van der Waals surface area (Å²) in [6.07, 6.45) is 1.62. The molecule has 5 rings (SSSR count). The number of nitrogens with zero attached hydrogens (tertiary/aromatic N) is 4. The third kappa shape index (κ3) is 6.70. The van der Waals surface area contributed by atoms with Crippen molar-refractivity contribution in [1.29, 1.82) is 0 Å². The second-order valence-electron chi connectivity index (χ2n) is 10.3. The van der Waals surface area contributed by atoms with E-state index < -0.39 is 36.6 Å². The first-order valence-corrected chi connectivity index (χ1v) is 15.7. The molecule has 2 aromatic heterocycles. The SMILES string of the molecule is NC(CCSC[C@H]1OC(n2cnc3c(NC(=O)CCCCC4SC[C@@H]5NC(=O)N[C@H]45)ncnc32)[C@H](O)[C@@H]1O)C(=O)O. The Balaban J connectivity index is 1.12. The number of carboxylic acids is 1. The number of nitrogens with one attached hydrogen (secondary N) is 3. The molecule has 2 aromatic rings. The molecule has 3 amide bonds. The van der Waals surface area contributed by atoms with Crippen LogP contribution in [-0.4, -0.2) is 112 Å². The highest BCUT2D eigenvalue weighted by atomic mass is 32.2. The number of aliphatic carboxylic acids is 1. The van der Waals surface area contributed by atoms with Crippen molar-refractivity contribution in [3.8, 4) is 0 Å². The second-order valence-corrected chi connectivity index (χ2v) is 12.7. The Hall–Kier alpha value is -2.70. The zero-order valence-corrected chi connectivity index (χ0v) is 23.7. The van der Waals surface area contributed by atoms with Crippen LogP contribution < -0.4 is 21.7 Å². The van der Waals surface area contributed by atoms with Gasteiger partial charge >= 0.3 is 12.0 Å². The van der Waals surface area contributed by atoms with Gasteiger partial charge in [0.1, 0.15) is 24.6 Å². The molecule has 0 aromatic carbocycles. The van der Waals surface area contributed by atoms with Crippen LogP contribution in [0.5, 0.6) is 0 Å². The van der Waals surface area contributed by atoms with Crippen molar-refractivity contribution in [2.24, 2.45) is 5.73 Å². The number of urea groups is 1. The van der Waals surface area contributed by atoms with Gasteiger partial charge in [-0.1, -0.05) is 6.42 Å². The van der Waals surface area contributed by atoms with Crippen molar-refractivity contribution in [2.75, 3.05) is 22.6 Å². The number of anilines is 1. The molecule has 3 saturated heterocycles. The summed E-state index contributed by atoms with van der Waals surface area (Å²) >= 11 is 3.22. The molecule has 41 heavy (non-hydrogen) atoms. The van der Waals surface area contributed by atoms with Gasteiger partial charge in [-0.2, -0.15) is 23.5 Å². The van der Waals surface area contributed by atoms with Crippen molar-refractivity contribution in [2.45, 2.75) is 80.0 Å². The Bertz CT molecular complexity index is 1270. The number of thioether (sulfide) groups is 2. The number of nitrogens with two attached hydrogens (primary N) is 1. The summed E-state index contributed by atoms with van der Waals surface area (Å²) in [7, 11) is 0. The van der Waals surface area contributed by atoms with E-state index in [9.17, 15) is 24.6 Å². The molecule has 224 valence electrons. The van der Waals surface area contributed by atoms with Crippen molar-refractivity contribution >= 4 is 58.4 Å². The van der Waals surface area contributed by atoms with Crippen LogP contribution in [0.1, 0.15) is 38.3 Å². The average molecular weight is 611 g/mol. The van der Waals surface area contributed by atoms with E-state index in [1.807, 2.05) is 11.8 Å². The van der Waals surface area contributed by atoms with E-state index in [2.05, 4.69) is 30.9 Å². The molecule has 0 spiro atoms. The number of hydrogen-bond acceptors (Lipinski definition) is 12. The summed E-state index contributed by atoms with van der Waals surface area (Å²) in [6, 6.07) is -0.741. The summed E-state index contributed by atoms with van der Waals surface area (Å²) in [5.41, 5.74) is 6.17.